The van der Waals surface area contributed by atoms with Crippen LogP contribution in [0.5, 0.6) is 5.75 Å². The van der Waals surface area contributed by atoms with Gasteiger partial charge in [0, 0.05) is 31.1 Å². The average Bonchev–Trinajstić information content (AvgIpc) is 3.19. The Hall–Kier alpha value is -3.33. The molecule has 2 aromatic carbocycles. The Morgan fingerprint density at radius 1 is 1.11 bits per heavy atom. The van der Waals surface area contributed by atoms with Crippen LogP contribution in [0.15, 0.2) is 36.4 Å². The molecular formula is C27H33F2N3O4. The first kappa shape index (κ1) is 27.3. The maximum atomic E-state index is 13.2. The van der Waals surface area contributed by atoms with E-state index in [1.54, 1.807) is 17.0 Å². The Balaban J connectivity index is 1.30. The van der Waals surface area contributed by atoms with Crippen molar-refractivity contribution in [1.82, 2.24) is 15.5 Å². The molecule has 1 aliphatic rings. The van der Waals surface area contributed by atoms with Gasteiger partial charge in [0.1, 0.15) is 5.75 Å². The maximum absolute atomic E-state index is 13.2. The standard InChI is InChI=1S/C27H33F2N3O4/c1-19(6-11-26(34)31-18-33)32-17-21-15-22(8-9-23(21)27(32)35)36-13-5-3-2-4-12-30-16-20-7-10-24(28)25(29)14-20/h7-10,14-15,18-19,30H,2-6,11-13,16-17H2,1H3,(H,31,33,34). The van der Waals surface area contributed by atoms with Crippen molar-refractivity contribution in [2.24, 2.45) is 0 Å². The van der Waals surface area contributed by atoms with Gasteiger partial charge in [-0.15, -0.1) is 0 Å². The van der Waals surface area contributed by atoms with E-state index >= 15 is 0 Å². The van der Waals surface area contributed by atoms with Crippen LogP contribution in [0.1, 0.15) is 66.9 Å². The fraction of sp³-hybridized carbons (Fsp3) is 0.444. The second-order valence-electron chi connectivity index (χ2n) is 9.01. The molecule has 3 amide bonds. The lowest BCUT2D eigenvalue weighted by Gasteiger charge is -2.23. The number of carbonyl (C=O) groups is 3. The number of rotatable bonds is 15. The van der Waals surface area contributed by atoms with E-state index < -0.39 is 11.6 Å². The quantitative estimate of drug-likeness (QED) is 0.284. The molecule has 7 nitrogen and oxygen atoms in total. The molecule has 0 radical (unpaired) electrons. The largest absolute Gasteiger partial charge is 0.494 e. The highest BCUT2D eigenvalue weighted by Crippen LogP contribution is 2.29. The van der Waals surface area contributed by atoms with Crippen molar-refractivity contribution in [3.8, 4) is 5.75 Å². The van der Waals surface area contributed by atoms with E-state index in [9.17, 15) is 23.2 Å². The highest BCUT2D eigenvalue weighted by Gasteiger charge is 2.31. The van der Waals surface area contributed by atoms with Crippen molar-refractivity contribution in [3.63, 3.8) is 0 Å². The molecule has 1 atom stereocenters. The average molecular weight is 502 g/mol. The van der Waals surface area contributed by atoms with Crippen molar-refractivity contribution >= 4 is 18.2 Å². The lowest BCUT2D eigenvalue weighted by molar-refractivity contribution is -0.125. The Labute approximate surface area is 210 Å². The van der Waals surface area contributed by atoms with Gasteiger partial charge < -0.3 is 15.0 Å². The van der Waals surface area contributed by atoms with Gasteiger partial charge in [0.2, 0.25) is 12.3 Å². The lowest BCUT2D eigenvalue weighted by atomic mass is 10.1. The Morgan fingerprint density at radius 2 is 1.92 bits per heavy atom. The number of hydrogen-bond donors (Lipinski definition) is 2. The monoisotopic (exact) mass is 501 g/mol. The fourth-order valence-electron chi connectivity index (χ4n) is 4.18. The molecule has 0 bridgehead atoms. The first-order valence-corrected chi connectivity index (χ1v) is 12.3. The summed E-state index contributed by atoms with van der Waals surface area (Å²) in [6, 6.07) is 9.31. The van der Waals surface area contributed by atoms with E-state index in [-0.39, 0.29) is 24.3 Å². The molecular weight excluding hydrogens is 468 g/mol. The summed E-state index contributed by atoms with van der Waals surface area (Å²) in [5.41, 5.74) is 2.29. The second kappa shape index (κ2) is 13.7. The van der Waals surface area contributed by atoms with Gasteiger partial charge in [0.15, 0.2) is 11.6 Å². The summed E-state index contributed by atoms with van der Waals surface area (Å²) in [6.45, 7) is 4.26. The Morgan fingerprint density at radius 3 is 2.69 bits per heavy atom. The smallest absolute Gasteiger partial charge is 0.254 e. The number of halogens is 2. The Bertz CT molecular complexity index is 1060. The van der Waals surface area contributed by atoms with E-state index in [2.05, 4.69) is 10.6 Å². The highest BCUT2D eigenvalue weighted by molar-refractivity contribution is 5.98. The number of hydrogen-bond acceptors (Lipinski definition) is 5. The summed E-state index contributed by atoms with van der Waals surface area (Å²) in [7, 11) is 0. The molecule has 1 aliphatic heterocycles. The molecule has 0 aliphatic carbocycles. The minimum absolute atomic E-state index is 0.0574. The van der Waals surface area contributed by atoms with E-state index in [0.29, 0.717) is 38.1 Å². The molecule has 1 heterocycles. The van der Waals surface area contributed by atoms with Gasteiger partial charge in [-0.25, -0.2) is 8.78 Å². The molecule has 0 fully saturated rings. The van der Waals surface area contributed by atoms with Crippen LogP contribution < -0.4 is 15.4 Å². The molecule has 194 valence electrons. The minimum atomic E-state index is -0.832. The van der Waals surface area contributed by atoms with Gasteiger partial charge in [-0.2, -0.15) is 0 Å². The zero-order valence-corrected chi connectivity index (χ0v) is 20.5. The van der Waals surface area contributed by atoms with E-state index in [0.717, 1.165) is 55.2 Å². The molecule has 36 heavy (non-hydrogen) atoms. The van der Waals surface area contributed by atoms with Gasteiger partial charge in [0.05, 0.1) is 6.61 Å². The molecule has 3 rings (SSSR count). The lowest BCUT2D eigenvalue weighted by Crippen LogP contribution is -2.34. The van der Waals surface area contributed by atoms with Gasteiger partial charge in [-0.1, -0.05) is 18.9 Å². The van der Waals surface area contributed by atoms with Crippen LogP contribution in [0.4, 0.5) is 8.78 Å². The summed E-state index contributed by atoms with van der Waals surface area (Å²) < 4.78 is 32.0. The highest BCUT2D eigenvalue weighted by atomic mass is 19.2. The minimum Gasteiger partial charge on any atom is -0.494 e. The third-order valence-electron chi connectivity index (χ3n) is 6.28. The van der Waals surface area contributed by atoms with Crippen LogP contribution in [0.25, 0.3) is 0 Å². The maximum Gasteiger partial charge on any atom is 0.254 e. The number of carbonyl (C=O) groups excluding carboxylic acids is 3. The zero-order valence-electron chi connectivity index (χ0n) is 20.5. The second-order valence-corrected chi connectivity index (χ2v) is 9.01. The van der Waals surface area contributed by atoms with Crippen molar-refractivity contribution in [2.45, 2.75) is 64.6 Å². The van der Waals surface area contributed by atoms with Gasteiger partial charge in [-0.3, -0.25) is 19.7 Å². The molecule has 2 aromatic rings. The van der Waals surface area contributed by atoms with Crippen LogP contribution in [0.2, 0.25) is 0 Å². The number of nitrogens with one attached hydrogen (secondary N) is 2. The third-order valence-corrected chi connectivity index (χ3v) is 6.28. The van der Waals surface area contributed by atoms with Gasteiger partial charge >= 0.3 is 0 Å². The molecule has 0 saturated carbocycles. The van der Waals surface area contributed by atoms with Crippen LogP contribution in [0, 0.1) is 11.6 Å². The van der Waals surface area contributed by atoms with Crippen LogP contribution >= 0.6 is 0 Å². The van der Waals surface area contributed by atoms with Crippen molar-refractivity contribution in [2.75, 3.05) is 13.2 Å². The van der Waals surface area contributed by atoms with Crippen molar-refractivity contribution < 1.29 is 27.9 Å². The number of benzene rings is 2. The van der Waals surface area contributed by atoms with Crippen LogP contribution in [-0.4, -0.2) is 42.3 Å². The predicted molar refractivity (Wildman–Crippen MR) is 131 cm³/mol. The predicted octanol–water partition coefficient (Wildman–Crippen LogP) is 4.09. The third kappa shape index (κ3) is 7.84. The van der Waals surface area contributed by atoms with E-state index in [4.69, 9.17) is 4.74 Å². The first-order chi connectivity index (χ1) is 17.4. The summed E-state index contributed by atoms with van der Waals surface area (Å²) in [5.74, 6) is -1.34. The topological polar surface area (TPSA) is 87.7 Å². The fourth-order valence-corrected chi connectivity index (χ4v) is 4.18. The molecule has 1 unspecified atom stereocenters. The SMILES string of the molecule is CC(CCC(=O)NC=O)N1Cc2cc(OCCCCCCNCc3ccc(F)c(F)c3)ccc2C1=O. The van der Waals surface area contributed by atoms with E-state index in [1.165, 1.54) is 6.07 Å². The Kier molecular flexibility index (Phi) is 10.4. The number of amides is 3. The molecule has 0 saturated heterocycles. The number of unbranched alkanes of at least 4 members (excludes halogenated alkanes) is 3. The number of ether oxygens (including phenoxy) is 1. The number of nitrogens with zero attached hydrogens (tertiary/aromatic N) is 1. The summed E-state index contributed by atoms with van der Waals surface area (Å²) in [5, 5.41) is 5.35. The molecule has 9 heteroatoms. The summed E-state index contributed by atoms with van der Waals surface area (Å²) >= 11 is 0. The summed E-state index contributed by atoms with van der Waals surface area (Å²) in [4.78, 5) is 36.3. The van der Waals surface area contributed by atoms with Crippen molar-refractivity contribution in [3.05, 3.63) is 64.7 Å². The number of imide groups is 1. The van der Waals surface area contributed by atoms with Crippen LogP contribution in [-0.2, 0) is 22.7 Å². The van der Waals surface area contributed by atoms with Gasteiger partial charge in [0.25, 0.3) is 5.91 Å². The van der Waals surface area contributed by atoms with E-state index in [1.807, 2.05) is 19.1 Å². The normalized spacial score (nSPS) is 13.4. The molecule has 0 spiro atoms. The van der Waals surface area contributed by atoms with Crippen LogP contribution in [0.3, 0.4) is 0 Å². The molecule has 0 aromatic heterocycles. The molecule has 2 N–H and O–H groups in total. The summed E-state index contributed by atoms with van der Waals surface area (Å²) in [6.07, 6.45) is 4.96. The number of fused-ring (bicyclic) bond motifs is 1. The van der Waals surface area contributed by atoms with Crippen molar-refractivity contribution in [1.29, 1.82) is 0 Å². The first-order valence-electron chi connectivity index (χ1n) is 12.3. The zero-order chi connectivity index (χ0) is 25.9. The van der Waals surface area contributed by atoms with Gasteiger partial charge in [-0.05, 0) is 74.2 Å².